The molecule has 0 aliphatic heterocycles. The third-order valence-electron chi connectivity index (χ3n) is 1.96. The number of halogens is 1. The third-order valence-corrected chi connectivity index (χ3v) is 1.96. The molecule has 0 aliphatic rings. The molecular formula is C10H12BF. The molecule has 0 fully saturated rings. The summed E-state index contributed by atoms with van der Waals surface area (Å²) in [5, 5.41) is 0. The van der Waals surface area contributed by atoms with Gasteiger partial charge in [0.1, 0.15) is 5.82 Å². The molecule has 0 aliphatic carbocycles. The number of benzene rings is 1. The molecular weight excluding hydrogens is 150 g/mol. The lowest BCUT2D eigenvalue weighted by atomic mass is 9.93. The number of hydrogen-bond acceptors (Lipinski definition) is 0. The van der Waals surface area contributed by atoms with E-state index in [1.165, 1.54) is 0 Å². The molecule has 0 spiro atoms. The first-order valence-corrected chi connectivity index (χ1v) is 4.13. The van der Waals surface area contributed by atoms with Gasteiger partial charge in [-0.15, -0.1) is 0 Å². The van der Waals surface area contributed by atoms with Crippen LogP contribution in [0.15, 0.2) is 18.2 Å². The molecule has 0 nitrogen and oxygen atoms in total. The second-order valence-corrected chi connectivity index (χ2v) is 3.21. The van der Waals surface area contributed by atoms with E-state index in [2.05, 4.69) is 0 Å². The van der Waals surface area contributed by atoms with Gasteiger partial charge >= 0.3 is 0 Å². The molecule has 12 heavy (non-hydrogen) atoms. The Bertz CT molecular complexity index is 269. The molecule has 62 valence electrons. The maximum absolute atomic E-state index is 13.1. The summed E-state index contributed by atoms with van der Waals surface area (Å²) >= 11 is 0. The molecule has 0 unspecified atom stereocenters. The summed E-state index contributed by atoms with van der Waals surface area (Å²) < 4.78 is 13.1. The molecule has 0 aromatic heterocycles. The predicted octanol–water partition coefficient (Wildman–Crippen LogP) is 2.62. The van der Waals surface area contributed by atoms with E-state index in [9.17, 15) is 4.39 Å². The van der Waals surface area contributed by atoms with Crippen LogP contribution < -0.4 is 0 Å². The van der Waals surface area contributed by atoms with Gasteiger partial charge in [-0.1, -0.05) is 32.3 Å². The van der Waals surface area contributed by atoms with Gasteiger partial charge in [0, 0.05) is 0 Å². The summed E-state index contributed by atoms with van der Waals surface area (Å²) in [5.41, 5.74) is 1.60. The third kappa shape index (κ3) is 1.87. The predicted molar refractivity (Wildman–Crippen MR) is 49.9 cm³/mol. The van der Waals surface area contributed by atoms with E-state index in [-0.39, 0.29) is 12.1 Å². The van der Waals surface area contributed by atoms with Gasteiger partial charge in [0.05, 0.1) is 7.85 Å². The Morgan fingerprint density at radius 3 is 2.50 bits per heavy atom. The highest BCUT2D eigenvalue weighted by Gasteiger charge is 2.03. The maximum atomic E-state index is 13.1. The Labute approximate surface area is 74.2 Å². The highest BCUT2D eigenvalue weighted by atomic mass is 19.1. The second kappa shape index (κ2) is 3.75. The summed E-state index contributed by atoms with van der Waals surface area (Å²) in [6.45, 7) is 4.08. The molecule has 0 atom stereocenters. The summed E-state index contributed by atoms with van der Waals surface area (Å²) in [6.07, 6.45) is 0.268. The van der Waals surface area contributed by atoms with E-state index in [1.807, 2.05) is 19.9 Å². The van der Waals surface area contributed by atoms with Crippen molar-refractivity contribution in [3.05, 3.63) is 35.1 Å². The molecule has 2 heteroatoms. The normalized spacial score (nSPS) is 10.7. The van der Waals surface area contributed by atoms with Crippen molar-refractivity contribution in [2.24, 2.45) is 0 Å². The van der Waals surface area contributed by atoms with Gasteiger partial charge in [-0.3, -0.25) is 0 Å². The van der Waals surface area contributed by atoms with Gasteiger partial charge in [0.2, 0.25) is 0 Å². The topological polar surface area (TPSA) is 0 Å². The van der Waals surface area contributed by atoms with Crippen LogP contribution in [0.5, 0.6) is 0 Å². The molecule has 0 heterocycles. The lowest BCUT2D eigenvalue weighted by Gasteiger charge is -2.06. The second-order valence-electron chi connectivity index (χ2n) is 3.21. The van der Waals surface area contributed by atoms with Crippen LogP contribution in [0.4, 0.5) is 4.39 Å². The highest BCUT2D eigenvalue weighted by molar-refractivity contribution is 6.08. The van der Waals surface area contributed by atoms with Gasteiger partial charge in [-0.2, -0.15) is 0 Å². The van der Waals surface area contributed by atoms with E-state index in [0.717, 1.165) is 5.56 Å². The molecule has 2 radical (unpaired) electrons. The van der Waals surface area contributed by atoms with E-state index < -0.39 is 0 Å². The van der Waals surface area contributed by atoms with Crippen molar-refractivity contribution in [2.75, 3.05) is 0 Å². The molecule has 1 rings (SSSR count). The van der Waals surface area contributed by atoms with Gasteiger partial charge in [-0.25, -0.2) is 4.39 Å². The average molecular weight is 162 g/mol. The Morgan fingerprint density at radius 2 is 2.08 bits per heavy atom. The Balaban J connectivity index is 3.02. The van der Waals surface area contributed by atoms with Crippen LogP contribution in [0.25, 0.3) is 0 Å². The summed E-state index contributed by atoms with van der Waals surface area (Å²) in [7, 11) is 5.34. The van der Waals surface area contributed by atoms with E-state index in [4.69, 9.17) is 7.85 Å². The fraction of sp³-hybridized carbons (Fsp3) is 0.400. The van der Waals surface area contributed by atoms with Gasteiger partial charge in [0.25, 0.3) is 0 Å². The van der Waals surface area contributed by atoms with Crippen molar-refractivity contribution >= 4 is 7.85 Å². The quantitative estimate of drug-likeness (QED) is 0.586. The summed E-state index contributed by atoms with van der Waals surface area (Å²) in [4.78, 5) is 0. The van der Waals surface area contributed by atoms with Crippen molar-refractivity contribution in [2.45, 2.75) is 26.1 Å². The van der Waals surface area contributed by atoms with Crippen molar-refractivity contribution in [3.63, 3.8) is 0 Å². The van der Waals surface area contributed by atoms with Gasteiger partial charge < -0.3 is 0 Å². The molecule has 1 aromatic carbocycles. The van der Waals surface area contributed by atoms with Crippen molar-refractivity contribution in [1.29, 1.82) is 0 Å². The first-order valence-electron chi connectivity index (χ1n) is 4.13. The Kier molecular flexibility index (Phi) is 2.91. The van der Waals surface area contributed by atoms with E-state index >= 15 is 0 Å². The molecule has 0 saturated carbocycles. The molecule has 1 aromatic rings. The summed E-state index contributed by atoms with van der Waals surface area (Å²) in [6, 6.07) is 5.24. The molecule has 0 N–H and O–H groups in total. The van der Waals surface area contributed by atoms with Crippen LogP contribution in [0, 0.1) is 5.82 Å². The van der Waals surface area contributed by atoms with E-state index in [1.54, 1.807) is 12.1 Å². The van der Waals surface area contributed by atoms with Crippen molar-refractivity contribution in [1.82, 2.24) is 0 Å². The first-order chi connectivity index (χ1) is 5.65. The lowest BCUT2D eigenvalue weighted by molar-refractivity contribution is 0.612. The van der Waals surface area contributed by atoms with Gasteiger partial charge in [-0.05, 0) is 23.1 Å². The van der Waals surface area contributed by atoms with Crippen LogP contribution in [-0.4, -0.2) is 7.85 Å². The first kappa shape index (κ1) is 9.30. The monoisotopic (exact) mass is 162 g/mol. The zero-order chi connectivity index (χ0) is 9.14. The summed E-state index contributed by atoms with van der Waals surface area (Å²) in [5.74, 6) is 0.176. The Morgan fingerprint density at radius 1 is 1.42 bits per heavy atom. The van der Waals surface area contributed by atoms with Crippen LogP contribution in [0.2, 0.25) is 0 Å². The van der Waals surface area contributed by atoms with Gasteiger partial charge in [0.15, 0.2) is 0 Å². The van der Waals surface area contributed by atoms with Crippen LogP contribution in [-0.2, 0) is 6.32 Å². The van der Waals surface area contributed by atoms with Crippen LogP contribution in [0.3, 0.4) is 0 Å². The largest absolute Gasteiger partial charge is 0.207 e. The minimum atomic E-state index is -0.191. The van der Waals surface area contributed by atoms with Crippen LogP contribution >= 0.6 is 0 Å². The highest BCUT2D eigenvalue weighted by Crippen LogP contribution is 2.17. The minimum Gasteiger partial charge on any atom is -0.207 e. The number of hydrogen-bond donors (Lipinski definition) is 0. The zero-order valence-electron chi connectivity index (χ0n) is 7.47. The van der Waals surface area contributed by atoms with E-state index in [0.29, 0.717) is 11.5 Å². The zero-order valence-corrected chi connectivity index (χ0v) is 7.47. The lowest BCUT2D eigenvalue weighted by Crippen LogP contribution is -1.94. The fourth-order valence-corrected chi connectivity index (χ4v) is 1.09. The molecule has 0 amide bonds. The maximum Gasteiger partial charge on any atom is 0.125 e. The minimum absolute atomic E-state index is 0.191. The SMILES string of the molecule is [B]Cc1ccc(C(C)C)cc1F. The Hall–Kier alpha value is -0.785. The van der Waals surface area contributed by atoms with Crippen LogP contribution in [0.1, 0.15) is 30.9 Å². The van der Waals surface area contributed by atoms with Crippen molar-refractivity contribution < 1.29 is 4.39 Å². The standard InChI is InChI=1S/C10H12BF/c1-7(2)8-3-4-9(6-11)10(12)5-8/h3-5,7H,6H2,1-2H3. The number of rotatable bonds is 2. The smallest absolute Gasteiger partial charge is 0.125 e. The molecule has 0 saturated heterocycles. The molecule has 0 bridgehead atoms. The van der Waals surface area contributed by atoms with Crippen molar-refractivity contribution in [3.8, 4) is 0 Å². The average Bonchev–Trinajstić information content (AvgIpc) is 2.04. The fourth-order valence-electron chi connectivity index (χ4n) is 1.09.